The molecule has 1 unspecified atom stereocenters. The van der Waals surface area contributed by atoms with E-state index in [1.165, 1.54) is 21.6 Å². The van der Waals surface area contributed by atoms with Crippen molar-refractivity contribution >= 4 is 17.1 Å². The third kappa shape index (κ3) is 2.03. The van der Waals surface area contributed by atoms with Crippen LogP contribution in [0.2, 0.25) is 0 Å². The SMILES string of the molecule is Cc1sc2c(c1-c1ccccc1)CC(c1ccccc1)C2=O. The Balaban J connectivity index is 1.81. The van der Waals surface area contributed by atoms with Crippen molar-refractivity contribution in [3.05, 3.63) is 81.5 Å². The Morgan fingerprint density at radius 1 is 0.955 bits per heavy atom. The molecular weight excluding hydrogens is 288 g/mol. The van der Waals surface area contributed by atoms with Gasteiger partial charge in [-0.15, -0.1) is 11.3 Å². The lowest BCUT2D eigenvalue weighted by molar-refractivity contribution is 0.0976. The molecule has 0 radical (unpaired) electrons. The number of rotatable bonds is 2. The summed E-state index contributed by atoms with van der Waals surface area (Å²) in [6.45, 7) is 2.12. The molecule has 0 saturated heterocycles. The number of fused-ring (bicyclic) bond motifs is 1. The lowest BCUT2D eigenvalue weighted by Crippen LogP contribution is -2.06. The van der Waals surface area contributed by atoms with Crippen LogP contribution in [0.5, 0.6) is 0 Å². The van der Waals surface area contributed by atoms with E-state index in [0.29, 0.717) is 0 Å². The number of aryl methyl sites for hydroxylation is 1. The highest BCUT2D eigenvalue weighted by Crippen LogP contribution is 2.45. The minimum atomic E-state index is -0.00878. The molecule has 0 spiro atoms. The first kappa shape index (κ1) is 13.5. The summed E-state index contributed by atoms with van der Waals surface area (Å²) >= 11 is 1.66. The molecule has 0 amide bonds. The van der Waals surface area contributed by atoms with Crippen LogP contribution in [0.15, 0.2) is 60.7 Å². The van der Waals surface area contributed by atoms with Crippen LogP contribution in [0.25, 0.3) is 11.1 Å². The number of Topliss-reactive ketones (excluding diaryl/α,β-unsaturated/α-hetero) is 1. The topological polar surface area (TPSA) is 17.1 Å². The number of hydrogen-bond donors (Lipinski definition) is 0. The van der Waals surface area contributed by atoms with E-state index >= 15 is 0 Å². The molecule has 3 aromatic rings. The average molecular weight is 304 g/mol. The quantitative estimate of drug-likeness (QED) is 0.632. The van der Waals surface area contributed by atoms with E-state index in [2.05, 4.69) is 43.3 Å². The third-order valence-corrected chi connectivity index (χ3v) is 5.56. The maximum Gasteiger partial charge on any atom is 0.180 e. The molecule has 1 aromatic heterocycles. The maximum atomic E-state index is 12.8. The molecule has 1 atom stereocenters. The Morgan fingerprint density at radius 2 is 1.59 bits per heavy atom. The molecule has 1 aliphatic rings. The lowest BCUT2D eigenvalue weighted by Gasteiger charge is -2.10. The average Bonchev–Trinajstić information content (AvgIpc) is 3.05. The fourth-order valence-electron chi connectivity index (χ4n) is 3.38. The molecule has 0 aliphatic heterocycles. The Bertz CT molecular complexity index is 831. The fourth-order valence-corrected chi connectivity index (χ4v) is 4.58. The van der Waals surface area contributed by atoms with E-state index in [-0.39, 0.29) is 11.7 Å². The highest BCUT2D eigenvalue weighted by molar-refractivity contribution is 7.15. The smallest absolute Gasteiger partial charge is 0.180 e. The summed E-state index contributed by atoms with van der Waals surface area (Å²) in [6, 6.07) is 20.6. The van der Waals surface area contributed by atoms with Crippen LogP contribution in [0, 0.1) is 6.92 Å². The van der Waals surface area contributed by atoms with E-state index < -0.39 is 0 Å². The summed E-state index contributed by atoms with van der Waals surface area (Å²) in [5, 5.41) is 0. The normalized spacial score (nSPS) is 16.8. The molecule has 0 saturated carbocycles. The number of ketones is 1. The van der Waals surface area contributed by atoms with Crippen molar-refractivity contribution in [3.63, 3.8) is 0 Å². The molecule has 0 fully saturated rings. The molecule has 1 heterocycles. The van der Waals surface area contributed by atoms with Crippen LogP contribution in [0.3, 0.4) is 0 Å². The molecule has 22 heavy (non-hydrogen) atoms. The lowest BCUT2D eigenvalue weighted by atomic mass is 9.94. The first-order valence-electron chi connectivity index (χ1n) is 7.52. The van der Waals surface area contributed by atoms with Gasteiger partial charge in [0.2, 0.25) is 0 Å². The monoisotopic (exact) mass is 304 g/mol. The minimum Gasteiger partial charge on any atom is -0.293 e. The van der Waals surface area contributed by atoms with Gasteiger partial charge in [-0.1, -0.05) is 60.7 Å². The van der Waals surface area contributed by atoms with E-state index in [1.54, 1.807) is 11.3 Å². The molecule has 1 nitrogen and oxygen atoms in total. The van der Waals surface area contributed by atoms with Gasteiger partial charge in [0.15, 0.2) is 5.78 Å². The molecule has 4 rings (SSSR count). The molecule has 2 heteroatoms. The summed E-state index contributed by atoms with van der Waals surface area (Å²) in [5.41, 5.74) is 4.87. The molecule has 2 aromatic carbocycles. The van der Waals surface area contributed by atoms with E-state index in [0.717, 1.165) is 16.9 Å². The largest absolute Gasteiger partial charge is 0.293 e. The summed E-state index contributed by atoms with van der Waals surface area (Å²) in [5.74, 6) is 0.280. The zero-order chi connectivity index (χ0) is 15.1. The molecule has 108 valence electrons. The minimum absolute atomic E-state index is 0.00878. The number of carbonyl (C=O) groups is 1. The van der Waals surface area contributed by atoms with E-state index in [4.69, 9.17) is 0 Å². The predicted octanol–water partition coefficient (Wildman–Crippen LogP) is 5.25. The van der Waals surface area contributed by atoms with Crippen molar-refractivity contribution in [1.29, 1.82) is 0 Å². The number of carbonyl (C=O) groups excluding carboxylic acids is 1. The van der Waals surface area contributed by atoms with Crippen LogP contribution in [0.4, 0.5) is 0 Å². The predicted molar refractivity (Wildman–Crippen MR) is 91.7 cm³/mol. The second-order valence-electron chi connectivity index (χ2n) is 5.74. The van der Waals surface area contributed by atoms with Crippen LogP contribution in [0.1, 0.15) is 31.6 Å². The van der Waals surface area contributed by atoms with Crippen molar-refractivity contribution in [2.75, 3.05) is 0 Å². The van der Waals surface area contributed by atoms with E-state index in [9.17, 15) is 4.79 Å². The number of benzene rings is 2. The Hall–Kier alpha value is -2.19. The van der Waals surface area contributed by atoms with Gasteiger partial charge in [0.25, 0.3) is 0 Å². The van der Waals surface area contributed by atoms with Crippen LogP contribution >= 0.6 is 11.3 Å². The first-order chi connectivity index (χ1) is 10.8. The number of hydrogen-bond acceptors (Lipinski definition) is 2. The van der Waals surface area contributed by atoms with Crippen molar-refractivity contribution < 1.29 is 4.79 Å². The molecular formula is C20H16OS. The van der Waals surface area contributed by atoms with Gasteiger partial charge in [-0.05, 0) is 35.6 Å². The highest BCUT2D eigenvalue weighted by Gasteiger charge is 2.36. The van der Waals surface area contributed by atoms with Gasteiger partial charge in [-0.2, -0.15) is 0 Å². The third-order valence-electron chi connectivity index (χ3n) is 4.40. The van der Waals surface area contributed by atoms with Gasteiger partial charge in [0.05, 0.1) is 10.8 Å². The Labute approximate surface area is 134 Å². The van der Waals surface area contributed by atoms with E-state index in [1.807, 2.05) is 24.3 Å². The van der Waals surface area contributed by atoms with Crippen LogP contribution < -0.4 is 0 Å². The summed E-state index contributed by atoms with van der Waals surface area (Å²) in [6.07, 6.45) is 0.826. The molecule has 1 aliphatic carbocycles. The van der Waals surface area contributed by atoms with Gasteiger partial charge >= 0.3 is 0 Å². The maximum absolute atomic E-state index is 12.8. The van der Waals surface area contributed by atoms with Crippen molar-refractivity contribution in [2.24, 2.45) is 0 Å². The summed E-state index contributed by atoms with van der Waals surface area (Å²) in [7, 11) is 0. The van der Waals surface area contributed by atoms with Crippen LogP contribution in [-0.2, 0) is 6.42 Å². The Morgan fingerprint density at radius 3 is 2.27 bits per heavy atom. The summed E-state index contributed by atoms with van der Waals surface area (Å²) in [4.78, 5) is 15.0. The van der Waals surface area contributed by atoms with Gasteiger partial charge in [0, 0.05) is 4.88 Å². The number of thiophene rings is 1. The molecule has 0 N–H and O–H groups in total. The Kier molecular flexibility index (Phi) is 3.20. The second kappa shape index (κ2) is 5.22. The second-order valence-corrected chi connectivity index (χ2v) is 6.96. The fraction of sp³-hybridized carbons (Fsp3) is 0.150. The van der Waals surface area contributed by atoms with Gasteiger partial charge < -0.3 is 0 Å². The zero-order valence-electron chi connectivity index (χ0n) is 12.4. The van der Waals surface area contributed by atoms with Gasteiger partial charge in [-0.3, -0.25) is 4.79 Å². The van der Waals surface area contributed by atoms with Crippen LogP contribution in [-0.4, -0.2) is 5.78 Å². The van der Waals surface area contributed by atoms with Crippen molar-refractivity contribution in [2.45, 2.75) is 19.3 Å². The van der Waals surface area contributed by atoms with Gasteiger partial charge in [0.1, 0.15) is 0 Å². The molecule has 0 bridgehead atoms. The standard InChI is InChI=1S/C20H16OS/c1-13-18(15-10-6-3-7-11-15)17-12-16(19(21)20(17)22-13)14-8-4-2-5-9-14/h2-11,16H,12H2,1H3. The van der Waals surface area contributed by atoms with Crippen molar-refractivity contribution in [1.82, 2.24) is 0 Å². The van der Waals surface area contributed by atoms with Crippen molar-refractivity contribution in [3.8, 4) is 11.1 Å². The first-order valence-corrected chi connectivity index (χ1v) is 8.34. The zero-order valence-corrected chi connectivity index (χ0v) is 13.2. The highest BCUT2D eigenvalue weighted by atomic mass is 32.1. The van der Waals surface area contributed by atoms with Gasteiger partial charge in [-0.25, -0.2) is 0 Å². The summed E-state index contributed by atoms with van der Waals surface area (Å²) < 4.78 is 0.